The van der Waals surface area contributed by atoms with Crippen molar-refractivity contribution in [2.75, 3.05) is 25.1 Å². The molecule has 2 saturated heterocycles. The Bertz CT molecular complexity index is 1930. The number of benzene rings is 2. The Kier molecular flexibility index (Phi) is 7.95. The molecule has 2 aromatic carbocycles. The number of piperidine rings is 1. The summed E-state index contributed by atoms with van der Waals surface area (Å²) >= 11 is 0. The second-order valence-electron chi connectivity index (χ2n) is 13.4. The molecule has 2 aromatic heterocycles. The van der Waals surface area contributed by atoms with Crippen molar-refractivity contribution >= 4 is 40.3 Å². The van der Waals surface area contributed by atoms with E-state index in [1.54, 1.807) is 18.2 Å². The molecule has 1 unspecified atom stereocenters. The molecule has 5 heterocycles. The van der Waals surface area contributed by atoms with Gasteiger partial charge in [0.05, 0.1) is 46.3 Å². The van der Waals surface area contributed by atoms with Crippen LogP contribution < -0.4 is 10.6 Å². The number of carbonyl (C=O) groups excluding carboxylic acids is 4. The fraction of sp³-hybridized carbons (Fsp3) is 0.417. The third kappa shape index (κ3) is 5.74. The van der Waals surface area contributed by atoms with Gasteiger partial charge in [0.1, 0.15) is 6.04 Å². The van der Waals surface area contributed by atoms with Gasteiger partial charge in [0.2, 0.25) is 11.8 Å². The average molecular weight is 648 g/mol. The van der Waals surface area contributed by atoms with Crippen LogP contribution in [0.4, 0.5) is 5.69 Å². The highest BCUT2D eigenvalue weighted by Gasteiger charge is 2.44. The smallest absolute Gasteiger partial charge is 0.262 e. The molecule has 12 heteroatoms. The molecule has 12 nitrogen and oxygen atoms in total. The summed E-state index contributed by atoms with van der Waals surface area (Å²) in [6.07, 6.45) is 12.3. The minimum atomic E-state index is -0.963. The lowest BCUT2D eigenvalue weighted by Crippen LogP contribution is -2.54. The second kappa shape index (κ2) is 12.6. The number of ether oxygens (including phenoxy) is 1. The van der Waals surface area contributed by atoms with E-state index in [1.165, 1.54) is 5.56 Å². The highest BCUT2D eigenvalue weighted by Crippen LogP contribution is 2.40. The van der Waals surface area contributed by atoms with E-state index in [9.17, 15) is 19.2 Å². The van der Waals surface area contributed by atoms with Crippen molar-refractivity contribution in [2.45, 2.75) is 69.4 Å². The van der Waals surface area contributed by atoms with E-state index in [1.807, 2.05) is 12.4 Å². The summed E-state index contributed by atoms with van der Waals surface area (Å²) in [5.74, 6) is -0.843. The quantitative estimate of drug-likeness (QED) is 0.196. The number of nitrogens with zero attached hydrogens (tertiary/aromatic N) is 5. The Balaban J connectivity index is 0.809. The van der Waals surface area contributed by atoms with E-state index in [4.69, 9.17) is 14.7 Å². The van der Waals surface area contributed by atoms with Gasteiger partial charge in [0.15, 0.2) is 0 Å². The fourth-order valence-electron chi connectivity index (χ4n) is 7.48. The summed E-state index contributed by atoms with van der Waals surface area (Å²) < 4.78 is 7.57. The third-order valence-corrected chi connectivity index (χ3v) is 10.3. The van der Waals surface area contributed by atoms with Gasteiger partial charge in [-0.05, 0) is 92.7 Å². The van der Waals surface area contributed by atoms with E-state index >= 15 is 0 Å². The Hall–Kier alpha value is -4.97. The zero-order chi connectivity index (χ0) is 32.8. The first-order valence-corrected chi connectivity index (χ1v) is 16.9. The lowest BCUT2D eigenvalue weighted by Gasteiger charge is -2.35. The van der Waals surface area contributed by atoms with Gasteiger partial charge in [-0.25, -0.2) is 4.98 Å². The minimum Gasteiger partial charge on any atom is -0.385 e. The van der Waals surface area contributed by atoms with Crippen molar-refractivity contribution < 1.29 is 23.9 Å². The van der Waals surface area contributed by atoms with Crippen molar-refractivity contribution in [3.8, 4) is 11.3 Å². The van der Waals surface area contributed by atoms with Gasteiger partial charge < -0.3 is 10.1 Å². The first-order valence-electron chi connectivity index (χ1n) is 16.9. The van der Waals surface area contributed by atoms with Crippen molar-refractivity contribution in [2.24, 2.45) is 5.92 Å². The molecule has 3 fully saturated rings. The summed E-state index contributed by atoms with van der Waals surface area (Å²) in [6, 6.07) is 10.9. The molecule has 0 bridgehead atoms. The van der Waals surface area contributed by atoms with Crippen LogP contribution in [0, 0.1) is 5.92 Å². The van der Waals surface area contributed by atoms with E-state index in [-0.39, 0.29) is 29.9 Å². The van der Waals surface area contributed by atoms with E-state index in [0.717, 1.165) is 91.2 Å². The van der Waals surface area contributed by atoms with Gasteiger partial charge in [-0.15, -0.1) is 0 Å². The molecule has 1 saturated carbocycles. The number of amides is 4. The number of nitrogens with one attached hydrogen (secondary N) is 2. The Morgan fingerprint density at radius 3 is 2.58 bits per heavy atom. The van der Waals surface area contributed by atoms with Gasteiger partial charge in [0.25, 0.3) is 11.8 Å². The van der Waals surface area contributed by atoms with Crippen LogP contribution in [-0.2, 0) is 14.3 Å². The molecule has 2 N–H and O–H groups in total. The van der Waals surface area contributed by atoms with Gasteiger partial charge in [-0.2, -0.15) is 5.10 Å². The highest BCUT2D eigenvalue weighted by atomic mass is 16.5. The Morgan fingerprint density at radius 1 is 0.917 bits per heavy atom. The van der Waals surface area contributed by atoms with E-state index in [0.29, 0.717) is 17.9 Å². The molecular formula is C36H37N7O5. The maximum absolute atomic E-state index is 13.1. The normalized spacial score (nSPS) is 22.9. The molecule has 4 aromatic rings. The lowest BCUT2D eigenvalue weighted by atomic mass is 9.77. The zero-order valence-corrected chi connectivity index (χ0v) is 26.6. The van der Waals surface area contributed by atoms with Crippen LogP contribution >= 0.6 is 0 Å². The first-order chi connectivity index (χ1) is 23.4. The molecule has 0 spiro atoms. The van der Waals surface area contributed by atoms with E-state index in [2.05, 4.69) is 44.8 Å². The standard InChI is InChI=1S/C36H37N7O5/c44-33-8-7-32(34(45)41-33)43-35(46)27-5-4-25(17-28(27)36(43)47)37-11-1-2-21-14-26(15-21)42-20-24(18-39-42)31-19-38-30-16-23(3-6-29(30)40-31)22-9-12-48-13-10-22/h3-6,16-22,26,32,37H,1-2,7-15H2,(H,41,44,45)/t21-,26-,32?. The van der Waals surface area contributed by atoms with Gasteiger partial charge >= 0.3 is 0 Å². The number of hydrogen-bond acceptors (Lipinski definition) is 9. The Labute approximate surface area is 277 Å². The van der Waals surface area contributed by atoms with Crippen molar-refractivity contribution in [1.82, 2.24) is 30.0 Å². The van der Waals surface area contributed by atoms with Crippen LogP contribution in [0.3, 0.4) is 0 Å². The van der Waals surface area contributed by atoms with E-state index < -0.39 is 23.8 Å². The van der Waals surface area contributed by atoms with Gasteiger partial charge in [-0.1, -0.05) is 6.07 Å². The summed E-state index contributed by atoms with van der Waals surface area (Å²) in [4.78, 5) is 60.5. The average Bonchev–Trinajstić information content (AvgIpc) is 3.66. The van der Waals surface area contributed by atoms with Crippen LogP contribution in [0.25, 0.3) is 22.3 Å². The molecule has 4 amide bonds. The fourth-order valence-corrected chi connectivity index (χ4v) is 7.48. The molecule has 48 heavy (non-hydrogen) atoms. The van der Waals surface area contributed by atoms with Gasteiger partial charge in [0, 0.05) is 43.6 Å². The maximum atomic E-state index is 13.1. The number of fused-ring (bicyclic) bond motifs is 2. The van der Waals surface area contributed by atoms with Crippen molar-refractivity contribution in [3.63, 3.8) is 0 Å². The van der Waals surface area contributed by atoms with Crippen molar-refractivity contribution in [3.05, 3.63) is 71.7 Å². The summed E-state index contributed by atoms with van der Waals surface area (Å²) in [7, 11) is 0. The van der Waals surface area contributed by atoms with Crippen LogP contribution in [0.5, 0.6) is 0 Å². The summed E-state index contributed by atoms with van der Waals surface area (Å²) in [6.45, 7) is 2.37. The largest absolute Gasteiger partial charge is 0.385 e. The monoisotopic (exact) mass is 647 g/mol. The first kappa shape index (κ1) is 30.4. The topological polar surface area (TPSA) is 148 Å². The molecule has 0 radical (unpaired) electrons. The van der Waals surface area contributed by atoms with Gasteiger partial charge in [-0.3, -0.25) is 39.1 Å². The molecule has 1 aliphatic carbocycles. The number of imide groups is 2. The van der Waals surface area contributed by atoms with Crippen LogP contribution in [0.15, 0.2) is 55.0 Å². The SMILES string of the molecule is O=C1CCC(N2C(=O)c3ccc(NCCC[C@H]4C[C@H](n5cc(-c6cnc7cc(C8CCOCC8)ccc7n6)cn5)C4)cc3C2=O)C(=O)N1. The molecule has 1 atom stereocenters. The third-order valence-electron chi connectivity index (χ3n) is 10.3. The lowest BCUT2D eigenvalue weighted by molar-refractivity contribution is -0.136. The number of anilines is 1. The van der Waals surface area contributed by atoms with Crippen molar-refractivity contribution in [1.29, 1.82) is 0 Å². The summed E-state index contributed by atoms with van der Waals surface area (Å²) in [5.41, 5.74) is 6.25. The molecule has 246 valence electrons. The minimum absolute atomic E-state index is 0.0974. The predicted molar refractivity (Wildman–Crippen MR) is 176 cm³/mol. The second-order valence-corrected chi connectivity index (χ2v) is 13.4. The molecule has 4 aliphatic rings. The predicted octanol–water partition coefficient (Wildman–Crippen LogP) is 4.63. The highest BCUT2D eigenvalue weighted by molar-refractivity contribution is 6.23. The zero-order valence-electron chi connectivity index (χ0n) is 26.6. The summed E-state index contributed by atoms with van der Waals surface area (Å²) in [5, 5.41) is 10.3. The van der Waals surface area contributed by atoms with Crippen LogP contribution in [0.2, 0.25) is 0 Å². The number of hydrogen-bond donors (Lipinski definition) is 2. The number of aromatic nitrogens is 4. The molecule has 8 rings (SSSR count). The van der Waals surface area contributed by atoms with Crippen LogP contribution in [-0.4, -0.2) is 74.1 Å². The number of carbonyl (C=O) groups is 4. The van der Waals surface area contributed by atoms with Crippen LogP contribution in [0.1, 0.15) is 89.6 Å². The molecule has 3 aliphatic heterocycles. The number of rotatable bonds is 9. The molecular weight excluding hydrogens is 610 g/mol. The maximum Gasteiger partial charge on any atom is 0.262 e. The Morgan fingerprint density at radius 2 is 1.75 bits per heavy atom.